The molecule has 96 valence electrons. The zero-order valence-corrected chi connectivity index (χ0v) is 10.8. The van der Waals surface area contributed by atoms with Gasteiger partial charge in [-0.15, -0.1) is 0 Å². The highest BCUT2D eigenvalue weighted by Crippen LogP contribution is 2.21. The van der Waals surface area contributed by atoms with Gasteiger partial charge < -0.3 is 10.5 Å². The van der Waals surface area contributed by atoms with Crippen molar-refractivity contribution in [3.63, 3.8) is 0 Å². The van der Waals surface area contributed by atoms with Crippen molar-refractivity contribution >= 4 is 28.7 Å². The van der Waals surface area contributed by atoms with E-state index in [9.17, 15) is 0 Å². The van der Waals surface area contributed by atoms with Crippen molar-refractivity contribution in [1.82, 2.24) is 19.9 Å². The molecule has 0 radical (unpaired) electrons. The minimum Gasteiger partial charge on any atom is -0.476 e. The standard InChI is InChI=1S/C11H14ClN5O/c1-2-3-4-5-18-10-8-9(16-11(13)17-10)15-7(12)6-14-8/h6H,2-5H2,1H3,(H2,13,15,16,17). The van der Waals surface area contributed by atoms with Crippen LogP contribution in [-0.2, 0) is 0 Å². The highest BCUT2D eigenvalue weighted by Gasteiger charge is 2.10. The van der Waals surface area contributed by atoms with E-state index in [0.717, 1.165) is 19.3 Å². The summed E-state index contributed by atoms with van der Waals surface area (Å²) in [5, 5.41) is 0.262. The molecule has 0 spiro atoms. The molecular formula is C11H14ClN5O. The first-order valence-corrected chi connectivity index (χ1v) is 6.17. The first-order chi connectivity index (χ1) is 8.70. The van der Waals surface area contributed by atoms with Gasteiger partial charge in [0.2, 0.25) is 11.8 Å². The number of nitrogens with two attached hydrogens (primary N) is 1. The van der Waals surface area contributed by atoms with Crippen LogP contribution in [0.2, 0.25) is 5.15 Å². The number of ether oxygens (including phenoxy) is 1. The number of hydrogen-bond acceptors (Lipinski definition) is 6. The van der Waals surface area contributed by atoms with Crippen LogP contribution in [0.3, 0.4) is 0 Å². The van der Waals surface area contributed by atoms with Gasteiger partial charge in [-0.25, -0.2) is 9.97 Å². The third-order valence-corrected chi connectivity index (χ3v) is 2.53. The Labute approximate surface area is 110 Å². The van der Waals surface area contributed by atoms with Crippen LogP contribution in [0.1, 0.15) is 26.2 Å². The zero-order chi connectivity index (χ0) is 13.0. The van der Waals surface area contributed by atoms with Crippen molar-refractivity contribution in [2.24, 2.45) is 0 Å². The largest absolute Gasteiger partial charge is 0.476 e. The Hall–Kier alpha value is -1.69. The second-order valence-electron chi connectivity index (χ2n) is 3.81. The fourth-order valence-corrected chi connectivity index (χ4v) is 1.63. The van der Waals surface area contributed by atoms with Gasteiger partial charge >= 0.3 is 0 Å². The van der Waals surface area contributed by atoms with Crippen LogP contribution in [0.4, 0.5) is 5.95 Å². The van der Waals surface area contributed by atoms with E-state index in [-0.39, 0.29) is 11.1 Å². The minimum atomic E-state index is 0.101. The van der Waals surface area contributed by atoms with Crippen molar-refractivity contribution in [2.45, 2.75) is 26.2 Å². The number of rotatable bonds is 5. The summed E-state index contributed by atoms with van der Waals surface area (Å²) < 4.78 is 5.57. The molecule has 0 fully saturated rings. The Morgan fingerprint density at radius 2 is 2.11 bits per heavy atom. The quantitative estimate of drug-likeness (QED) is 0.836. The minimum absolute atomic E-state index is 0.101. The highest BCUT2D eigenvalue weighted by molar-refractivity contribution is 6.29. The summed E-state index contributed by atoms with van der Waals surface area (Å²) >= 11 is 5.75. The average Bonchev–Trinajstić information content (AvgIpc) is 2.33. The molecule has 18 heavy (non-hydrogen) atoms. The van der Waals surface area contributed by atoms with Crippen LogP contribution in [-0.4, -0.2) is 26.5 Å². The second kappa shape index (κ2) is 5.77. The van der Waals surface area contributed by atoms with Crippen LogP contribution in [0.15, 0.2) is 6.20 Å². The maximum absolute atomic E-state index is 5.75. The molecule has 0 aromatic carbocycles. The van der Waals surface area contributed by atoms with Gasteiger partial charge in [-0.3, -0.25) is 0 Å². The van der Waals surface area contributed by atoms with E-state index in [1.165, 1.54) is 6.20 Å². The Kier molecular flexibility index (Phi) is 4.09. The maximum Gasteiger partial charge on any atom is 0.247 e. The van der Waals surface area contributed by atoms with Gasteiger partial charge in [0.15, 0.2) is 11.2 Å². The molecule has 0 unspecified atom stereocenters. The number of aromatic nitrogens is 4. The highest BCUT2D eigenvalue weighted by atomic mass is 35.5. The lowest BCUT2D eigenvalue weighted by molar-refractivity contribution is 0.298. The van der Waals surface area contributed by atoms with Crippen LogP contribution in [0.5, 0.6) is 5.88 Å². The van der Waals surface area contributed by atoms with Gasteiger partial charge in [-0.1, -0.05) is 31.4 Å². The number of unbranched alkanes of at least 4 members (excludes halogenated alkanes) is 2. The summed E-state index contributed by atoms with van der Waals surface area (Å²) in [6.07, 6.45) is 4.63. The summed E-state index contributed by atoms with van der Waals surface area (Å²) in [6, 6.07) is 0. The van der Waals surface area contributed by atoms with Crippen LogP contribution >= 0.6 is 11.6 Å². The summed E-state index contributed by atoms with van der Waals surface area (Å²) in [5.41, 5.74) is 6.42. The van der Waals surface area contributed by atoms with Crippen molar-refractivity contribution in [2.75, 3.05) is 12.3 Å². The Morgan fingerprint density at radius 1 is 1.28 bits per heavy atom. The monoisotopic (exact) mass is 267 g/mol. The molecule has 0 bridgehead atoms. The fourth-order valence-electron chi connectivity index (χ4n) is 1.50. The van der Waals surface area contributed by atoms with E-state index in [1.54, 1.807) is 0 Å². The van der Waals surface area contributed by atoms with Gasteiger partial charge in [-0.05, 0) is 6.42 Å². The second-order valence-corrected chi connectivity index (χ2v) is 4.19. The zero-order valence-electron chi connectivity index (χ0n) is 10.1. The summed E-state index contributed by atoms with van der Waals surface area (Å²) in [4.78, 5) is 16.2. The smallest absolute Gasteiger partial charge is 0.247 e. The first kappa shape index (κ1) is 12.8. The van der Waals surface area contributed by atoms with Crippen LogP contribution < -0.4 is 10.5 Å². The first-order valence-electron chi connectivity index (χ1n) is 5.79. The molecule has 2 rings (SSSR count). The summed E-state index contributed by atoms with van der Waals surface area (Å²) in [7, 11) is 0. The van der Waals surface area contributed by atoms with E-state index in [0.29, 0.717) is 23.7 Å². The predicted octanol–water partition coefficient (Wildman–Crippen LogP) is 2.22. The maximum atomic E-state index is 5.75. The van der Waals surface area contributed by atoms with E-state index in [4.69, 9.17) is 22.1 Å². The normalized spacial score (nSPS) is 10.8. The Morgan fingerprint density at radius 3 is 2.89 bits per heavy atom. The van der Waals surface area contributed by atoms with Gasteiger partial charge in [-0.2, -0.15) is 9.97 Å². The lowest BCUT2D eigenvalue weighted by Crippen LogP contribution is -2.05. The Balaban J connectivity index is 2.25. The van der Waals surface area contributed by atoms with Gasteiger partial charge in [0.25, 0.3) is 0 Å². The molecule has 0 amide bonds. The molecule has 2 heterocycles. The van der Waals surface area contributed by atoms with Gasteiger partial charge in [0.05, 0.1) is 12.8 Å². The lowest BCUT2D eigenvalue weighted by Gasteiger charge is -2.07. The van der Waals surface area contributed by atoms with E-state index in [2.05, 4.69) is 26.9 Å². The molecular weight excluding hydrogens is 254 g/mol. The summed E-state index contributed by atoms with van der Waals surface area (Å²) in [5.74, 6) is 0.460. The Bertz CT molecular complexity index is 543. The number of fused-ring (bicyclic) bond motifs is 1. The number of nitrogen functional groups attached to an aromatic ring is 1. The summed E-state index contributed by atoms with van der Waals surface area (Å²) in [6.45, 7) is 2.70. The topological polar surface area (TPSA) is 86.8 Å². The molecule has 2 N–H and O–H groups in total. The molecule has 0 aliphatic rings. The molecule has 2 aromatic heterocycles. The van der Waals surface area contributed by atoms with E-state index < -0.39 is 0 Å². The molecule has 2 aromatic rings. The average molecular weight is 268 g/mol. The molecule has 0 saturated heterocycles. The number of nitrogens with zero attached hydrogens (tertiary/aromatic N) is 4. The molecule has 0 aliphatic carbocycles. The van der Waals surface area contributed by atoms with E-state index in [1.807, 2.05) is 0 Å². The number of halogens is 1. The third-order valence-electron chi connectivity index (χ3n) is 2.35. The predicted molar refractivity (Wildman–Crippen MR) is 69.6 cm³/mol. The SMILES string of the molecule is CCCCCOc1nc(N)nc2nc(Cl)cnc12. The van der Waals surface area contributed by atoms with Crippen molar-refractivity contribution in [1.29, 1.82) is 0 Å². The van der Waals surface area contributed by atoms with Crippen molar-refractivity contribution in [3.05, 3.63) is 11.3 Å². The fraction of sp³-hybridized carbons (Fsp3) is 0.455. The molecule has 0 aliphatic heterocycles. The van der Waals surface area contributed by atoms with Crippen molar-refractivity contribution in [3.8, 4) is 5.88 Å². The van der Waals surface area contributed by atoms with E-state index >= 15 is 0 Å². The molecule has 6 nitrogen and oxygen atoms in total. The number of anilines is 1. The molecule has 0 atom stereocenters. The van der Waals surface area contributed by atoms with Gasteiger partial charge in [0, 0.05) is 0 Å². The molecule has 0 saturated carbocycles. The third kappa shape index (κ3) is 2.95. The van der Waals surface area contributed by atoms with Crippen molar-refractivity contribution < 1.29 is 4.74 Å². The van der Waals surface area contributed by atoms with Crippen LogP contribution in [0.25, 0.3) is 11.2 Å². The van der Waals surface area contributed by atoms with Crippen LogP contribution in [0, 0.1) is 0 Å². The number of hydrogen-bond donors (Lipinski definition) is 1. The van der Waals surface area contributed by atoms with Gasteiger partial charge in [0.1, 0.15) is 5.15 Å². The lowest BCUT2D eigenvalue weighted by atomic mass is 10.3. The molecule has 7 heteroatoms.